The van der Waals surface area contributed by atoms with Gasteiger partial charge in [0.15, 0.2) is 0 Å². The zero-order valence-corrected chi connectivity index (χ0v) is 11.3. The molecule has 1 nitrogen and oxygen atoms in total. The van der Waals surface area contributed by atoms with Crippen molar-refractivity contribution in [3.05, 3.63) is 0 Å². The van der Waals surface area contributed by atoms with E-state index in [0.29, 0.717) is 16.2 Å². The van der Waals surface area contributed by atoms with Crippen molar-refractivity contribution in [2.45, 2.75) is 53.4 Å². The van der Waals surface area contributed by atoms with Crippen LogP contribution in [-0.2, 0) is 0 Å². The van der Waals surface area contributed by atoms with E-state index in [1.54, 1.807) is 0 Å². The number of fused-ring (bicyclic) bond motifs is 2. The van der Waals surface area contributed by atoms with Crippen LogP contribution in [0.3, 0.4) is 0 Å². The number of hydrogen-bond acceptors (Lipinski definition) is 1. The summed E-state index contributed by atoms with van der Waals surface area (Å²) in [7, 11) is 0. The zero-order valence-electron chi connectivity index (χ0n) is 11.3. The van der Waals surface area contributed by atoms with Crippen LogP contribution in [0.5, 0.6) is 0 Å². The lowest BCUT2D eigenvalue weighted by Gasteiger charge is -2.62. The van der Waals surface area contributed by atoms with Crippen LogP contribution in [0, 0.1) is 34.0 Å². The van der Waals surface area contributed by atoms with E-state index in [1.165, 1.54) is 25.7 Å². The molecule has 0 radical (unpaired) electrons. The molecule has 0 saturated heterocycles. The Morgan fingerprint density at radius 1 is 1.06 bits per heavy atom. The number of nitrogens with two attached hydrogens (primary N) is 1. The smallest absolute Gasteiger partial charge is 0.00124 e. The fourth-order valence-corrected chi connectivity index (χ4v) is 5.35. The SMILES string of the molecule is CC1(C)C2CCC(C3(CN)CC3(C)C)C1C2. The summed E-state index contributed by atoms with van der Waals surface area (Å²) in [5, 5.41) is 0. The van der Waals surface area contributed by atoms with Crippen molar-refractivity contribution in [3.8, 4) is 0 Å². The summed E-state index contributed by atoms with van der Waals surface area (Å²) in [6.07, 6.45) is 5.79. The Kier molecular flexibility index (Phi) is 1.98. The van der Waals surface area contributed by atoms with Gasteiger partial charge < -0.3 is 5.73 Å². The number of hydrogen-bond donors (Lipinski definition) is 1. The maximum atomic E-state index is 6.14. The first-order valence-electron chi connectivity index (χ1n) is 7.05. The van der Waals surface area contributed by atoms with Crippen LogP contribution < -0.4 is 5.73 Å². The molecule has 4 atom stereocenters. The standard InChI is InChI=1S/C15H27N/c1-13(2)8-15(13,9-16)11-6-5-10-7-12(11)14(10,3)4/h10-12H,5-9,16H2,1-4H3. The van der Waals surface area contributed by atoms with Gasteiger partial charge in [-0.05, 0) is 66.2 Å². The molecule has 0 aromatic carbocycles. The van der Waals surface area contributed by atoms with Crippen molar-refractivity contribution in [3.63, 3.8) is 0 Å². The van der Waals surface area contributed by atoms with Crippen LogP contribution in [0.4, 0.5) is 0 Å². The first kappa shape index (κ1) is 11.1. The second-order valence-corrected chi connectivity index (χ2v) is 7.97. The predicted molar refractivity (Wildman–Crippen MR) is 68.0 cm³/mol. The van der Waals surface area contributed by atoms with Crippen molar-refractivity contribution in [1.29, 1.82) is 0 Å². The van der Waals surface area contributed by atoms with Gasteiger partial charge in [0.1, 0.15) is 0 Å². The second kappa shape index (κ2) is 2.85. The van der Waals surface area contributed by atoms with Gasteiger partial charge in [0.2, 0.25) is 0 Å². The minimum absolute atomic E-state index is 0.500. The average molecular weight is 221 g/mol. The predicted octanol–water partition coefficient (Wildman–Crippen LogP) is 3.43. The number of rotatable bonds is 2. The molecule has 0 amide bonds. The summed E-state index contributed by atoms with van der Waals surface area (Å²) in [6, 6.07) is 0. The minimum Gasteiger partial charge on any atom is -0.330 e. The largest absolute Gasteiger partial charge is 0.330 e. The van der Waals surface area contributed by atoms with Crippen molar-refractivity contribution < 1.29 is 0 Å². The van der Waals surface area contributed by atoms with Crippen LogP contribution in [0.25, 0.3) is 0 Å². The first-order chi connectivity index (χ1) is 7.35. The van der Waals surface area contributed by atoms with Gasteiger partial charge >= 0.3 is 0 Å². The molecule has 4 fully saturated rings. The van der Waals surface area contributed by atoms with E-state index < -0.39 is 0 Å². The van der Waals surface area contributed by atoms with Crippen LogP contribution in [-0.4, -0.2) is 6.54 Å². The van der Waals surface area contributed by atoms with E-state index in [-0.39, 0.29) is 0 Å². The monoisotopic (exact) mass is 221 g/mol. The van der Waals surface area contributed by atoms with Crippen LogP contribution in [0.2, 0.25) is 0 Å². The van der Waals surface area contributed by atoms with Crippen molar-refractivity contribution >= 4 is 0 Å². The molecular weight excluding hydrogens is 194 g/mol. The van der Waals surface area contributed by atoms with E-state index in [1.807, 2.05) is 0 Å². The lowest BCUT2D eigenvalue weighted by atomic mass is 9.43. The molecule has 4 rings (SSSR count). The maximum Gasteiger partial charge on any atom is -0.00124 e. The third-order valence-corrected chi connectivity index (χ3v) is 6.91. The molecule has 2 bridgehead atoms. The second-order valence-electron chi connectivity index (χ2n) is 7.97. The van der Waals surface area contributed by atoms with Gasteiger partial charge in [0, 0.05) is 0 Å². The molecule has 0 aromatic rings. The summed E-state index contributed by atoms with van der Waals surface area (Å²) < 4.78 is 0. The van der Waals surface area contributed by atoms with Crippen LogP contribution >= 0.6 is 0 Å². The highest BCUT2D eigenvalue weighted by atomic mass is 14.8. The van der Waals surface area contributed by atoms with E-state index in [9.17, 15) is 0 Å². The minimum atomic E-state index is 0.500. The Bertz CT molecular complexity index is 315. The molecule has 16 heavy (non-hydrogen) atoms. The fourth-order valence-electron chi connectivity index (χ4n) is 5.35. The molecule has 0 heterocycles. The highest BCUT2D eigenvalue weighted by Crippen LogP contribution is 2.75. The Morgan fingerprint density at radius 2 is 1.69 bits per heavy atom. The average Bonchev–Trinajstić information content (AvgIpc) is 2.82. The van der Waals surface area contributed by atoms with Gasteiger partial charge in [-0.2, -0.15) is 0 Å². The molecule has 4 aliphatic rings. The van der Waals surface area contributed by atoms with E-state index in [2.05, 4.69) is 27.7 Å². The van der Waals surface area contributed by atoms with E-state index in [0.717, 1.165) is 24.3 Å². The van der Waals surface area contributed by atoms with Crippen molar-refractivity contribution in [2.75, 3.05) is 6.54 Å². The topological polar surface area (TPSA) is 26.0 Å². The molecule has 1 heteroatoms. The van der Waals surface area contributed by atoms with Crippen LogP contribution in [0.15, 0.2) is 0 Å². The normalized spacial score (nSPS) is 51.9. The third-order valence-electron chi connectivity index (χ3n) is 6.91. The molecule has 92 valence electrons. The zero-order chi connectivity index (χ0) is 11.8. The molecule has 4 saturated carbocycles. The molecule has 4 aliphatic carbocycles. The summed E-state index contributed by atoms with van der Waals surface area (Å²) >= 11 is 0. The van der Waals surface area contributed by atoms with Gasteiger partial charge in [0.05, 0.1) is 0 Å². The quantitative estimate of drug-likeness (QED) is 0.759. The van der Waals surface area contributed by atoms with E-state index >= 15 is 0 Å². The molecule has 0 aliphatic heterocycles. The molecule has 0 spiro atoms. The lowest BCUT2D eigenvalue weighted by Crippen LogP contribution is -2.55. The van der Waals surface area contributed by atoms with Crippen LogP contribution in [0.1, 0.15) is 53.4 Å². The summed E-state index contributed by atoms with van der Waals surface area (Å²) in [4.78, 5) is 0. The molecule has 2 N–H and O–H groups in total. The van der Waals surface area contributed by atoms with Crippen molar-refractivity contribution in [2.24, 2.45) is 39.7 Å². The Balaban J connectivity index is 1.86. The van der Waals surface area contributed by atoms with Gasteiger partial charge in [-0.1, -0.05) is 27.7 Å². The van der Waals surface area contributed by atoms with Gasteiger partial charge in [0.25, 0.3) is 0 Å². The van der Waals surface area contributed by atoms with E-state index in [4.69, 9.17) is 5.73 Å². The van der Waals surface area contributed by atoms with Gasteiger partial charge in [-0.3, -0.25) is 0 Å². The van der Waals surface area contributed by atoms with Gasteiger partial charge in [-0.25, -0.2) is 0 Å². The summed E-state index contributed by atoms with van der Waals surface area (Å²) in [5.41, 5.74) is 7.78. The summed E-state index contributed by atoms with van der Waals surface area (Å²) in [6.45, 7) is 10.8. The maximum absolute atomic E-state index is 6.14. The Hall–Kier alpha value is -0.0400. The highest BCUT2D eigenvalue weighted by molar-refractivity contribution is 5.19. The molecule has 4 unspecified atom stereocenters. The molecule has 0 aromatic heterocycles. The van der Waals surface area contributed by atoms with Crippen molar-refractivity contribution in [1.82, 2.24) is 0 Å². The molecular formula is C15H27N. The Morgan fingerprint density at radius 3 is 2.06 bits per heavy atom. The third kappa shape index (κ3) is 1.06. The lowest BCUT2D eigenvalue weighted by molar-refractivity contribution is -0.129. The fraction of sp³-hybridized carbons (Fsp3) is 1.00. The first-order valence-corrected chi connectivity index (χ1v) is 7.05. The van der Waals surface area contributed by atoms with Gasteiger partial charge in [-0.15, -0.1) is 0 Å². The highest BCUT2D eigenvalue weighted by Gasteiger charge is 2.69. The summed E-state index contributed by atoms with van der Waals surface area (Å²) in [5.74, 6) is 2.91. The Labute approximate surface area is 100 Å².